The first kappa shape index (κ1) is 13.7. The Morgan fingerprint density at radius 1 is 1.30 bits per heavy atom. The Balaban J connectivity index is 2.08. The van der Waals surface area contributed by atoms with Crippen LogP contribution in [0.15, 0.2) is 33.3 Å². The van der Waals surface area contributed by atoms with Crippen LogP contribution in [0.25, 0.3) is 11.1 Å². The van der Waals surface area contributed by atoms with Gasteiger partial charge in [-0.15, -0.1) is 0 Å². The molecule has 0 spiro atoms. The van der Waals surface area contributed by atoms with Crippen LogP contribution in [0.1, 0.15) is 44.7 Å². The molecule has 2 N–H and O–H groups in total. The quantitative estimate of drug-likeness (QED) is 0.842. The van der Waals surface area contributed by atoms with E-state index in [9.17, 15) is 0 Å². The number of nitrogen functional groups attached to an aromatic ring is 1. The molecule has 0 amide bonds. The summed E-state index contributed by atoms with van der Waals surface area (Å²) in [5.41, 5.74) is 9.35. The van der Waals surface area contributed by atoms with E-state index in [2.05, 4.69) is 47.1 Å². The van der Waals surface area contributed by atoms with E-state index in [4.69, 9.17) is 10.3 Å². The van der Waals surface area contributed by atoms with Crippen molar-refractivity contribution in [3.8, 4) is 11.1 Å². The maximum Gasteiger partial charge on any atom is 0.230 e. The molecule has 106 valence electrons. The summed E-state index contributed by atoms with van der Waals surface area (Å²) in [6, 6.07) is 8.15. The molecule has 1 unspecified atom stereocenters. The second kappa shape index (κ2) is 4.92. The summed E-state index contributed by atoms with van der Waals surface area (Å²) in [6.07, 6.45) is 3.62. The topological polar surface area (TPSA) is 52.0 Å². The maximum absolute atomic E-state index is 6.03. The fourth-order valence-corrected chi connectivity index (χ4v) is 3.56. The van der Waals surface area contributed by atoms with E-state index in [1.807, 2.05) is 12.1 Å². The minimum atomic E-state index is 0.257. The van der Waals surface area contributed by atoms with Crippen molar-refractivity contribution in [2.75, 3.05) is 5.73 Å². The zero-order valence-electron chi connectivity index (χ0n) is 11.8. The van der Waals surface area contributed by atoms with Crippen molar-refractivity contribution in [1.29, 1.82) is 0 Å². The highest BCUT2D eigenvalue weighted by Crippen LogP contribution is 2.51. The molecule has 1 fully saturated rings. The normalized spacial score (nSPS) is 21.2. The van der Waals surface area contributed by atoms with Crippen molar-refractivity contribution in [2.45, 2.75) is 39.0 Å². The molecular formula is C16H19BrN2O. The minimum absolute atomic E-state index is 0.257. The molecule has 1 aliphatic rings. The molecule has 4 heteroatoms. The smallest absolute Gasteiger partial charge is 0.230 e. The lowest BCUT2D eigenvalue weighted by molar-refractivity contribution is 0.314. The Labute approximate surface area is 127 Å². The largest absolute Gasteiger partial charge is 0.367 e. The Bertz CT molecular complexity index is 616. The van der Waals surface area contributed by atoms with Gasteiger partial charge in [0.1, 0.15) is 0 Å². The van der Waals surface area contributed by atoms with E-state index in [1.54, 1.807) is 0 Å². The lowest BCUT2D eigenvalue weighted by Crippen LogP contribution is -2.16. The highest BCUT2D eigenvalue weighted by atomic mass is 79.9. The van der Waals surface area contributed by atoms with Crippen LogP contribution in [0.2, 0.25) is 0 Å². The zero-order valence-corrected chi connectivity index (χ0v) is 13.4. The summed E-state index contributed by atoms with van der Waals surface area (Å²) in [7, 11) is 0. The molecule has 0 aliphatic heterocycles. The SMILES string of the molecule is CC1(C)CCCC1c1noc(N)c1-c1ccc(Br)cc1. The molecule has 20 heavy (non-hydrogen) atoms. The third-order valence-electron chi connectivity index (χ3n) is 4.47. The number of rotatable bonds is 2. The number of hydrogen-bond donors (Lipinski definition) is 1. The van der Waals surface area contributed by atoms with Gasteiger partial charge >= 0.3 is 0 Å². The third kappa shape index (κ3) is 2.26. The molecule has 0 saturated heterocycles. The molecule has 1 aromatic heterocycles. The van der Waals surface area contributed by atoms with Crippen molar-refractivity contribution in [1.82, 2.24) is 5.16 Å². The summed E-state index contributed by atoms with van der Waals surface area (Å²) >= 11 is 3.46. The van der Waals surface area contributed by atoms with Crippen molar-refractivity contribution in [3.63, 3.8) is 0 Å². The molecule has 0 radical (unpaired) electrons. The summed E-state index contributed by atoms with van der Waals surface area (Å²) in [5.74, 6) is 0.840. The first-order valence-corrected chi connectivity index (χ1v) is 7.79. The van der Waals surface area contributed by atoms with E-state index < -0.39 is 0 Å². The molecule has 2 aromatic rings. The molecule has 1 atom stereocenters. The average molecular weight is 335 g/mol. The average Bonchev–Trinajstić information content (AvgIpc) is 2.93. The zero-order chi connectivity index (χ0) is 14.3. The third-order valence-corrected chi connectivity index (χ3v) is 4.99. The van der Waals surface area contributed by atoms with E-state index in [-0.39, 0.29) is 5.41 Å². The molecule has 1 aliphatic carbocycles. The first-order chi connectivity index (χ1) is 9.49. The Kier molecular flexibility index (Phi) is 3.36. The lowest BCUT2D eigenvalue weighted by Gasteiger charge is -2.25. The predicted molar refractivity (Wildman–Crippen MR) is 84.4 cm³/mol. The predicted octanol–water partition coefficient (Wildman–Crippen LogP) is 4.98. The summed E-state index contributed by atoms with van der Waals surface area (Å²) in [5, 5.41) is 4.28. The molecule has 0 bridgehead atoms. The van der Waals surface area contributed by atoms with Crippen molar-refractivity contribution in [2.24, 2.45) is 5.41 Å². The second-order valence-corrected chi connectivity index (χ2v) is 7.16. The number of nitrogens with two attached hydrogens (primary N) is 1. The fourth-order valence-electron chi connectivity index (χ4n) is 3.29. The first-order valence-electron chi connectivity index (χ1n) is 7.00. The fraction of sp³-hybridized carbons (Fsp3) is 0.438. The summed E-state index contributed by atoms with van der Waals surface area (Å²) in [6.45, 7) is 4.61. The number of anilines is 1. The van der Waals surface area contributed by atoms with Gasteiger partial charge in [-0.05, 0) is 36.0 Å². The van der Waals surface area contributed by atoms with Crippen LogP contribution >= 0.6 is 15.9 Å². The van der Waals surface area contributed by atoms with Gasteiger partial charge in [-0.1, -0.05) is 53.5 Å². The molecule has 3 nitrogen and oxygen atoms in total. The van der Waals surface area contributed by atoms with Gasteiger partial charge in [0, 0.05) is 10.4 Å². The van der Waals surface area contributed by atoms with Crippen LogP contribution in [-0.4, -0.2) is 5.16 Å². The van der Waals surface area contributed by atoms with E-state index in [0.717, 1.165) is 27.7 Å². The van der Waals surface area contributed by atoms with Crippen molar-refractivity contribution in [3.05, 3.63) is 34.4 Å². The molecule has 3 rings (SSSR count). The van der Waals surface area contributed by atoms with Crippen LogP contribution in [0.4, 0.5) is 5.88 Å². The minimum Gasteiger partial charge on any atom is -0.367 e. The van der Waals surface area contributed by atoms with Gasteiger partial charge in [0.15, 0.2) is 0 Å². The number of benzene rings is 1. The second-order valence-electron chi connectivity index (χ2n) is 6.25. The molecule has 1 saturated carbocycles. The summed E-state index contributed by atoms with van der Waals surface area (Å²) in [4.78, 5) is 0. The monoisotopic (exact) mass is 334 g/mol. The van der Waals surface area contributed by atoms with Gasteiger partial charge in [-0.25, -0.2) is 0 Å². The number of aromatic nitrogens is 1. The highest BCUT2D eigenvalue weighted by Gasteiger charge is 2.39. The number of nitrogens with zero attached hydrogens (tertiary/aromatic N) is 1. The highest BCUT2D eigenvalue weighted by molar-refractivity contribution is 9.10. The van der Waals surface area contributed by atoms with Gasteiger partial charge in [-0.3, -0.25) is 0 Å². The Hall–Kier alpha value is -1.29. The Morgan fingerprint density at radius 2 is 2.00 bits per heavy atom. The summed E-state index contributed by atoms with van der Waals surface area (Å²) < 4.78 is 6.36. The van der Waals surface area contributed by atoms with Crippen LogP contribution in [0.3, 0.4) is 0 Å². The van der Waals surface area contributed by atoms with E-state index in [1.165, 1.54) is 12.8 Å². The van der Waals surface area contributed by atoms with Gasteiger partial charge in [-0.2, -0.15) is 0 Å². The molecular weight excluding hydrogens is 316 g/mol. The van der Waals surface area contributed by atoms with Crippen molar-refractivity contribution >= 4 is 21.8 Å². The van der Waals surface area contributed by atoms with E-state index >= 15 is 0 Å². The Morgan fingerprint density at radius 3 is 2.60 bits per heavy atom. The van der Waals surface area contributed by atoms with Crippen molar-refractivity contribution < 1.29 is 4.52 Å². The van der Waals surface area contributed by atoms with Crippen LogP contribution in [0, 0.1) is 5.41 Å². The molecule has 1 heterocycles. The van der Waals surface area contributed by atoms with Gasteiger partial charge in [0.05, 0.1) is 11.3 Å². The number of hydrogen-bond acceptors (Lipinski definition) is 3. The van der Waals surface area contributed by atoms with Crippen LogP contribution in [0.5, 0.6) is 0 Å². The standard InChI is InChI=1S/C16H19BrN2O/c1-16(2)9-3-4-12(16)14-13(15(18)20-19-14)10-5-7-11(17)8-6-10/h5-8,12H,3-4,9,18H2,1-2H3. The molecule has 1 aromatic carbocycles. The van der Waals surface area contributed by atoms with E-state index in [0.29, 0.717) is 11.8 Å². The van der Waals surface area contributed by atoms with Gasteiger partial charge < -0.3 is 10.3 Å². The maximum atomic E-state index is 6.03. The van der Waals surface area contributed by atoms with Crippen LogP contribution < -0.4 is 5.73 Å². The lowest BCUT2D eigenvalue weighted by atomic mass is 9.78. The van der Waals surface area contributed by atoms with Gasteiger partial charge in [0.25, 0.3) is 0 Å². The van der Waals surface area contributed by atoms with Gasteiger partial charge in [0.2, 0.25) is 5.88 Å². The van der Waals surface area contributed by atoms with Crippen LogP contribution in [-0.2, 0) is 0 Å². The number of halogens is 1.